The van der Waals surface area contributed by atoms with Gasteiger partial charge >= 0.3 is 0 Å². The first kappa shape index (κ1) is 14.7. The molecule has 0 amide bonds. The molecule has 1 aromatic carbocycles. The van der Waals surface area contributed by atoms with Crippen LogP contribution in [0, 0.1) is 6.92 Å². The number of anilines is 1. The minimum atomic E-state index is 0.284. The average Bonchev–Trinajstić information content (AvgIpc) is 2.51. The second-order valence-electron chi connectivity index (χ2n) is 6.23. The molecule has 2 aliphatic heterocycles. The van der Waals surface area contributed by atoms with Crippen molar-refractivity contribution in [3.05, 3.63) is 23.8 Å². The van der Waals surface area contributed by atoms with Crippen molar-refractivity contribution in [2.24, 2.45) is 5.73 Å². The van der Waals surface area contributed by atoms with Gasteiger partial charge in [-0.2, -0.15) is 0 Å². The predicted octanol–water partition coefficient (Wildman–Crippen LogP) is 2.48. The van der Waals surface area contributed by atoms with Gasteiger partial charge in [0.25, 0.3) is 0 Å². The Bertz CT molecular complexity index is 464. The van der Waals surface area contributed by atoms with Crippen LogP contribution in [-0.2, 0) is 4.74 Å². The Hall–Kier alpha value is -1.26. The molecule has 0 radical (unpaired) electrons. The Labute approximate surface area is 127 Å². The lowest BCUT2D eigenvalue weighted by Crippen LogP contribution is -2.40. The minimum Gasteiger partial charge on any atom is -0.488 e. The summed E-state index contributed by atoms with van der Waals surface area (Å²) in [7, 11) is 0. The molecule has 2 aliphatic rings. The lowest BCUT2D eigenvalue weighted by molar-refractivity contribution is 0.0257. The van der Waals surface area contributed by atoms with E-state index in [2.05, 4.69) is 30.0 Å². The number of rotatable bonds is 3. The molecule has 0 bridgehead atoms. The van der Waals surface area contributed by atoms with Gasteiger partial charge in [0.2, 0.25) is 0 Å². The summed E-state index contributed by atoms with van der Waals surface area (Å²) in [6, 6.07) is 6.85. The Kier molecular flexibility index (Phi) is 4.66. The molecule has 0 aliphatic carbocycles. The number of ether oxygens (including phenoxy) is 2. The SMILES string of the molecule is Cc1ccc(OC2CCOCC2)c(N2CCC(N)CC2)c1. The summed E-state index contributed by atoms with van der Waals surface area (Å²) in [5.74, 6) is 1.02. The number of hydrogen-bond acceptors (Lipinski definition) is 4. The molecule has 0 spiro atoms. The van der Waals surface area contributed by atoms with Gasteiger partial charge in [-0.25, -0.2) is 0 Å². The number of nitrogens with zero attached hydrogens (tertiary/aromatic N) is 1. The van der Waals surface area contributed by atoms with Gasteiger partial charge in [0, 0.05) is 32.0 Å². The van der Waals surface area contributed by atoms with Crippen molar-refractivity contribution in [3.8, 4) is 5.75 Å². The highest BCUT2D eigenvalue weighted by atomic mass is 16.5. The second-order valence-corrected chi connectivity index (χ2v) is 6.23. The van der Waals surface area contributed by atoms with E-state index in [0.29, 0.717) is 6.04 Å². The van der Waals surface area contributed by atoms with Crippen LogP contribution in [0.3, 0.4) is 0 Å². The molecule has 4 nitrogen and oxygen atoms in total. The predicted molar refractivity (Wildman–Crippen MR) is 85.1 cm³/mol. The topological polar surface area (TPSA) is 47.7 Å². The summed E-state index contributed by atoms with van der Waals surface area (Å²) < 4.78 is 11.7. The molecule has 116 valence electrons. The first-order valence-corrected chi connectivity index (χ1v) is 8.08. The maximum absolute atomic E-state index is 6.27. The highest BCUT2D eigenvalue weighted by Crippen LogP contribution is 2.33. The van der Waals surface area contributed by atoms with Crippen molar-refractivity contribution in [3.63, 3.8) is 0 Å². The van der Waals surface area contributed by atoms with Gasteiger partial charge in [0.1, 0.15) is 11.9 Å². The summed E-state index contributed by atoms with van der Waals surface area (Å²) in [5.41, 5.74) is 8.53. The largest absolute Gasteiger partial charge is 0.488 e. The van der Waals surface area contributed by atoms with E-state index >= 15 is 0 Å². The van der Waals surface area contributed by atoms with E-state index in [4.69, 9.17) is 15.2 Å². The van der Waals surface area contributed by atoms with Gasteiger partial charge in [0.05, 0.1) is 18.9 Å². The maximum Gasteiger partial charge on any atom is 0.143 e. The van der Waals surface area contributed by atoms with E-state index in [0.717, 1.165) is 57.7 Å². The normalized spacial score (nSPS) is 21.5. The van der Waals surface area contributed by atoms with Crippen LogP contribution in [0.5, 0.6) is 5.75 Å². The molecule has 0 atom stereocenters. The zero-order valence-electron chi connectivity index (χ0n) is 12.9. The first-order valence-electron chi connectivity index (χ1n) is 8.08. The van der Waals surface area contributed by atoms with E-state index in [1.807, 2.05) is 0 Å². The van der Waals surface area contributed by atoms with Crippen LogP contribution < -0.4 is 15.4 Å². The Morgan fingerprint density at radius 1 is 1.14 bits per heavy atom. The molecule has 2 N–H and O–H groups in total. The fourth-order valence-corrected chi connectivity index (χ4v) is 3.09. The lowest BCUT2D eigenvalue weighted by atomic mass is 10.0. The van der Waals surface area contributed by atoms with Crippen LogP contribution in [0.1, 0.15) is 31.2 Å². The first-order chi connectivity index (χ1) is 10.2. The van der Waals surface area contributed by atoms with Crippen LogP contribution >= 0.6 is 0 Å². The minimum absolute atomic E-state index is 0.284. The molecule has 1 aromatic rings. The molecule has 2 heterocycles. The lowest BCUT2D eigenvalue weighted by Gasteiger charge is -2.34. The summed E-state index contributed by atoms with van der Waals surface area (Å²) >= 11 is 0. The summed E-state index contributed by atoms with van der Waals surface area (Å²) in [4.78, 5) is 2.42. The quantitative estimate of drug-likeness (QED) is 0.929. The standard InChI is InChI=1S/C17H26N2O2/c1-13-2-3-17(21-15-6-10-20-11-7-15)16(12-13)19-8-4-14(18)5-9-19/h2-3,12,14-15H,4-11,18H2,1H3. The van der Waals surface area contributed by atoms with Crippen LogP contribution in [0.25, 0.3) is 0 Å². The second kappa shape index (κ2) is 6.67. The van der Waals surface area contributed by atoms with E-state index in [9.17, 15) is 0 Å². The molecule has 4 heteroatoms. The fourth-order valence-electron chi connectivity index (χ4n) is 3.09. The third-order valence-electron chi connectivity index (χ3n) is 4.46. The molecule has 21 heavy (non-hydrogen) atoms. The van der Waals surface area contributed by atoms with Crippen molar-refractivity contribution in [2.75, 3.05) is 31.2 Å². The molecule has 0 saturated carbocycles. The molecule has 0 unspecified atom stereocenters. The number of benzene rings is 1. The Balaban J connectivity index is 1.76. The third kappa shape index (κ3) is 3.69. The summed E-state index contributed by atoms with van der Waals surface area (Å²) in [6.07, 6.45) is 4.37. The number of piperidine rings is 1. The number of nitrogens with two attached hydrogens (primary N) is 1. The maximum atomic E-state index is 6.27. The van der Waals surface area contributed by atoms with E-state index in [-0.39, 0.29) is 6.10 Å². The Morgan fingerprint density at radius 3 is 2.57 bits per heavy atom. The van der Waals surface area contributed by atoms with Crippen LogP contribution in [0.4, 0.5) is 5.69 Å². The number of hydrogen-bond donors (Lipinski definition) is 1. The molecule has 2 saturated heterocycles. The van der Waals surface area contributed by atoms with Crippen molar-refractivity contribution in [1.29, 1.82) is 0 Å². The van der Waals surface area contributed by atoms with Gasteiger partial charge < -0.3 is 20.1 Å². The van der Waals surface area contributed by atoms with Crippen molar-refractivity contribution >= 4 is 5.69 Å². The molecular weight excluding hydrogens is 264 g/mol. The summed E-state index contributed by atoms with van der Waals surface area (Å²) in [6.45, 7) is 5.80. The van der Waals surface area contributed by atoms with Crippen LogP contribution in [-0.4, -0.2) is 38.4 Å². The third-order valence-corrected chi connectivity index (χ3v) is 4.46. The van der Waals surface area contributed by atoms with Crippen molar-refractivity contribution < 1.29 is 9.47 Å². The molecular formula is C17H26N2O2. The molecule has 3 rings (SSSR count). The van der Waals surface area contributed by atoms with Gasteiger partial charge in [-0.3, -0.25) is 0 Å². The average molecular weight is 290 g/mol. The molecule has 0 aromatic heterocycles. The van der Waals surface area contributed by atoms with E-state index in [1.165, 1.54) is 11.3 Å². The zero-order valence-corrected chi connectivity index (χ0v) is 12.9. The van der Waals surface area contributed by atoms with Gasteiger partial charge in [-0.15, -0.1) is 0 Å². The zero-order chi connectivity index (χ0) is 14.7. The fraction of sp³-hybridized carbons (Fsp3) is 0.647. The van der Waals surface area contributed by atoms with E-state index < -0.39 is 0 Å². The van der Waals surface area contributed by atoms with Gasteiger partial charge in [-0.1, -0.05) is 6.07 Å². The van der Waals surface area contributed by atoms with Crippen LogP contribution in [0.2, 0.25) is 0 Å². The smallest absolute Gasteiger partial charge is 0.143 e. The Morgan fingerprint density at radius 2 is 1.86 bits per heavy atom. The monoisotopic (exact) mass is 290 g/mol. The van der Waals surface area contributed by atoms with Crippen molar-refractivity contribution in [2.45, 2.75) is 44.8 Å². The van der Waals surface area contributed by atoms with Gasteiger partial charge in [-0.05, 0) is 37.5 Å². The summed E-state index contributed by atoms with van der Waals surface area (Å²) in [5, 5.41) is 0. The number of aryl methyl sites for hydroxylation is 1. The highest BCUT2D eigenvalue weighted by molar-refractivity contribution is 5.60. The van der Waals surface area contributed by atoms with Gasteiger partial charge in [0.15, 0.2) is 0 Å². The highest BCUT2D eigenvalue weighted by Gasteiger charge is 2.22. The van der Waals surface area contributed by atoms with Crippen LogP contribution in [0.15, 0.2) is 18.2 Å². The van der Waals surface area contributed by atoms with E-state index in [1.54, 1.807) is 0 Å². The van der Waals surface area contributed by atoms with Crippen molar-refractivity contribution in [1.82, 2.24) is 0 Å². The molecule has 2 fully saturated rings.